The maximum atomic E-state index is 13.0. The average molecular weight is 308 g/mol. The Labute approximate surface area is 131 Å². The number of halogens is 1. The van der Waals surface area contributed by atoms with Gasteiger partial charge in [0.05, 0.1) is 0 Å². The first-order chi connectivity index (χ1) is 10.4. The van der Waals surface area contributed by atoms with Crippen molar-refractivity contribution < 1.29 is 14.0 Å². The van der Waals surface area contributed by atoms with E-state index in [0.717, 1.165) is 12.0 Å². The van der Waals surface area contributed by atoms with Gasteiger partial charge in [-0.25, -0.2) is 4.39 Å². The van der Waals surface area contributed by atoms with Crippen LogP contribution in [0.1, 0.15) is 46.1 Å². The third-order valence-corrected chi connectivity index (χ3v) is 3.74. The summed E-state index contributed by atoms with van der Waals surface area (Å²) in [7, 11) is 0. The lowest BCUT2D eigenvalue weighted by atomic mass is 10.1. The summed E-state index contributed by atoms with van der Waals surface area (Å²) in [5.74, 6) is -0.589. The SMILES string of the molecule is CCC(=O)N(Cc1ccc(F)cc1)[C@@H](C)C(=O)N[C@H](C)CC. The van der Waals surface area contributed by atoms with Crippen molar-refractivity contribution in [3.8, 4) is 0 Å². The number of hydrogen-bond donors (Lipinski definition) is 1. The molecule has 122 valence electrons. The second-order valence-electron chi connectivity index (χ2n) is 5.50. The van der Waals surface area contributed by atoms with Crippen LogP contribution in [0.15, 0.2) is 24.3 Å². The number of carbonyl (C=O) groups is 2. The summed E-state index contributed by atoms with van der Waals surface area (Å²) in [6.45, 7) is 7.69. The molecule has 0 bridgehead atoms. The lowest BCUT2D eigenvalue weighted by molar-refractivity contribution is -0.140. The predicted molar refractivity (Wildman–Crippen MR) is 84.6 cm³/mol. The summed E-state index contributed by atoms with van der Waals surface area (Å²) in [6.07, 6.45) is 1.15. The molecule has 0 aliphatic heterocycles. The van der Waals surface area contributed by atoms with E-state index in [-0.39, 0.29) is 23.7 Å². The Morgan fingerprint density at radius 3 is 2.27 bits per heavy atom. The van der Waals surface area contributed by atoms with Crippen LogP contribution in [0.2, 0.25) is 0 Å². The Morgan fingerprint density at radius 2 is 1.77 bits per heavy atom. The molecule has 0 spiro atoms. The quantitative estimate of drug-likeness (QED) is 0.842. The molecule has 4 nitrogen and oxygen atoms in total. The van der Waals surface area contributed by atoms with E-state index in [4.69, 9.17) is 0 Å². The molecule has 0 aliphatic carbocycles. The van der Waals surface area contributed by atoms with Crippen LogP contribution in [-0.2, 0) is 16.1 Å². The largest absolute Gasteiger partial charge is 0.352 e. The zero-order chi connectivity index (χ0) is 16.7. The van der Waals surface area contributed by atoms with Crippen molar-refractivity contribution in [3.05, 3.63) is 35.6 Å². The molecule has 0 radical (unpaired) electrons. The van der Waals surface area contributed by atoms with Crippen LogP contribution < -0.4 is 5.32 Å². The lowest BCUT2D eigenvalue weighted by Gasteiger charge is -2.29. The summed E-state index contributed by atoms with van der Waals surface area (Å²) in [5, 5.41) is 2.89. The van der Waals surface area contributed by atoms with Crippen LogP contribution in [0.3, 0.4) is 0 Å². The van der Waals surface area contributed by atoms with Gasteiger partial charge in [0.2, 0.25) is 11.8 Å². The molecule has 1 N–H and O–H groups in total. The third kappa shape index (κ3) is 5.13. The molecule has 0 unspecified atom stereocenters. The van der Waals surface area contributed by atoms with Crippen molar-refractivity contribution in [1.29, 1.82) is 0 Å². The zero-order valence-electron chi connectivity index (χ0n) is 13.7. The molecule has 0 aromatic heterocycles. The predicted octanol–water partition coefficient (Wildman–Crippen LogP) is 2.87. The molecular weight excluding hydrogens is 283 g/mol. The molecule has 2 amide bonds. The number of nitrogens with zero attached hydrogens (tertiary/aromatic N) is 1. The maximum Gasteiger partial charge on any atom is 0.242 e. The molecule has 2 atom stereocenters. The number of benzene rings is 1. The topological polar surface area (TPSA) is 49.4 Å². The smallest absolute Gasteiger partial charge is 0.242 e. The van der Waals surface area contributed by atoms with Gasteiger partial charge >= 0.3 is 0 Å². The van der Waals surface area contributed by atoms with Gasteiger partial charge in [0.15, 0.2) is 0 Å². The van der Waals surface area contributed by atoms with E-state index in [9.17, 15) is 14.0 Å². The molecule has 0 heterocycles. The minimum atomic E-state index is -0.563. The van der Waals surface area contributed by atoms with Crippen LogP contribution in [0.25, 0.3) is 0 Å². The summed E-state index contributed by atoms with van der Waals surface area (Å²) in [4.78, 5) is 25.9. The Morgan fingerprint density at radius 1 is 1.18 bits per heavy atom. The van der Waals surface area contributed by atoms with Crippen molar-refractivity contribution in [2.75, 3.05) is 0 Å². The molecular formula is C17H25FN2O2. The van der Waals surface area contributed by atoms with Crippen molar-refractivity contribution >= 4 is 11.8 Å². The number of amides is 2. The van der Waals surface area contributed by atoms with E-state index in [1.165, 1.54) is 17.0 Å². The molecule has 1 aromatic carbocycles. The maximum absolute atomic E-state index is 13.0. The molecule has 0 fully saturated rings. The third-order valence-electron chi connectivity index (χ3n) is 3.74. The summed E-state index contributed by atoms with van der Waals surface area (Å²) >= 11 is 0. The summed E-state index contributed by atoms with van der Waals surface area (Å²) < 4.78 is 13.0. The van der Waals surface area contributed by atoms with Gasteiger partial charge in [-0.05, 0) is 38.0 Å². The van der Waals surface area contributed by atoms with Crippen LogP contribution >= 0.6 is 0 Å². The van der Waals surface area contributed by atoms with Crippen molar-refractivity contribution in [2.24, 2.45) is 0 Å². The monoisotopic (exact) mass is 308 g/mol. The van der Waals surface area contributed by atoms with Gasteiger partial charge in [0.1, 0.15) is 11.9 Å². The first kappa shape index (κ1) is 18.1. The molecule has 22 heavy (non-hydrogen) atoms. The standard InChI is InChI=1S/C17H25FN2O2/c1-5-12(3)19-17(22)13(4)20(16(21)6-2)11-14-7-9-15(18)10-8-14/h7-10,12-13H,5-6,11H2,1-4H3,(H,19,22)/t12-,13+/m1/s1. The first-order valence-electron chi connectivity index (χ1n) is 7.73. The Kier molecular flexibility index (Phi) is 7.02. The van der Waals surface area contributed by atoms with Crippen molar-refractivity contribution in [3.63, 3.8) is 0 Å². The van der Waals surface area contributed by atoms with Gasteiger partial charge in [-0.1, -0.05) is 26.0 Å². The van der Waals surface area contributed by atoms with Crippen LogP contribution in [0.4, 0.5) is 4.39 Å². The average Bonchev–Trinajstić information content (AvgIpc) is 2.52. The highest BCUT2D eigenvalue weighted by atomic mass is 19.1. The molecule has 0 aliphatic rings. The van der Waals surface area contributed by atoms with E-state index in [0.29, 0.717) is 13.0 Å². The van der Waals surface area contributed by atoms with Crippen molar-refractivity contribution in [1.82, 2.24) is 10.2 Å². The fourth-order valence-corrected chi connectivity index (χ4v) is 2.04. The molecule has 0 saturated carbocycles. The van der Waals surface area contributed by atoms with Gasteiger partial charge in [0.25, 0.3) is 0 Å². The fourth-order valence-electron chi connectivity index (χ4n) is 2.04. The molecule has 1 aromatic rings. The number of rotatable bonds is 7. The van der Waals surface area contributed by atoms with Gasteiger partial charge < -0.3 is 10.2 Å². The zero-order valence-corrected chi connectivity index (χ0v) is 13.7. The minimum absolute atomic E-state index is 0.0688. The second kappa shape index (κ2) is 8.51. The second-order valence-corrected chi connectivity index (χ2v) is 5.50. The van der Waals surface area contributed by atoms with Gasteiger partial charge in [-0.15, -0.1) is 0 Å². The Hall–Kier alpha value is -1.91. The minimum Gasteiger partial charge on any atom is -0.352 e. The van der Waals surface area contributed by atoms with Crippen LogP contribution in [0.5, 0.6) is 0 Å². The van der Waals surface area contributed by atoms with E-state index in [2.05, 4.69) is 5.32 Å². The van der Waals surface area contributed by atoms with Gasteiger partial charge in [0, 0.05) is 19.0 Å². The normalized spacial score (nSPS) is 13.3. The Balaban J connectivity index is 2.85. The fraction of sp³-hybridized carbons (Fsp3) is 0.529. The summed E-state index contributed by atoms with van der Waals surface area (Å²) in [5.41, 5.74) is 0.798. The van der Waals surface area contributed by atoms with Gasteiger partial charge in [-0.3, -0.25) is 9.59 Å². The molecule has 5 heteroatoms. The van der Waals surface area contributed by atoms with E-state index < -0.39 is 6.04 Å². The Bertz CT molecular complexity index is 502. The summed E-state index contributed by atoms with van der Waals surface area (Å²) in [6, 6.07) is 5.47. The highest BCUT2D eigenvalue weighted by Crippen LogP contribution is 2.12. The number of carbonyl (C=O) groups excluding carboxylic acids is 2. The van der Waals surface area contributed by atoms with Crippen LogP contribution in [-0.4, -0.2) is 28.8 Å². The highest BCUT2D eigenvalue weighted by molar-refractivity contribution is 5.87. The lowest BCUT2D eigenvalue weighted by Crippen LogP contribution is -2.49. The number of nitrogens with one attached hydrogen (secondary N) is 1. The van der Waals surface area contributed by atoms with Gasteiger partial charge in [-0.2, -0.15) is 0 Å². The highest BCUT2D eigenvalue weighted by Gasteiger charge is 2.25. The van der Waals surface area contributed by atoms with Crippen LogP contribution in [0, 0.1) is 5.82 Å². The first-order valence-corrected chi connectivity index (χ1v) is 7.73. The van der Waals surface area contributed by atoms with E-state index >= 15 is 0 Å². The van der Waals surface area contributed by atoms with E-state index in [1.54, 1.807) is 26.0 Å². The molecule has 0 saturated heterocycles. The van der Waals surface area contributed by atoms with E-state index in [1.807, 2.05) is 13.8 Å². The molecule has 1 rings (SSSR count). The van der Waals surface area contributed by atoms with Crippen molar-refractivity contribution in [2.45, 2.75) is 59.2 Å². The number of hydrogen-bond acceptors (Lipinski definition) is 2.